The molecule has 1 saturated heterocycles. The van der Waals surface area contributed by atoms with Crippen molar-refractivity contribution in [2.24, 2.45) is 0 Å². The minimum absolute atomic E-state index is 0.0255. The molecule has 1 aromatic rings. The van der Waals surface area contributed by atoms with Crippen molar-refractivity contribution in [3.63, 3.8) is 0 Å². The topological polar surface area (TPSA) is 67.4 Å². The average Bonchev–Trinajstić information content (AvgIpc) is 2.37. The molecule has 0 unspecified atom stereocenters. The smallest absolute Gasteiger partial charge is 0.278 e. The number of aromatic nitrogens is 2. The van der Waals surface area contributed by atoms with Gasteiger partial charge in [-0.15, -0.1) is 0 Å². The molecule has 100 valence electrons. The Balaban J connectivity index is 1.95. The van der Waals surface area contributed by atoms with Gasteiger partial charge in [-0.2, -0.15) is 0 Å². The van der Waals surface area contributed by atoms with Crippen LogP contribution in [-0.2, 0) is 6.54 Å². The SMILES string of the molecule is CN1CCN(CCn2cnc(Cl)c(N)c2=O)CC1. The van der Waals surface area contributed by atoms with E-state index in [1.807, 2.05) is 0 Å². The zero-order valence-corrected chi connectivity index (χ0v) is 11.2. The molecule has 0 amide bonds. The first-order chi connectivity index (χ1) is 8.58. The summed E-state index contributed by atoms with van der Waals surface area (Å²) in [5.74, 6) is 0. The highest BCUT2D eigenvalue weighted by Gasteiger charge is 2.14. The van der Waals surface area contributed by atoms with Crippen LogP contribution in [0.3, 0.4) is 0 Å². The third-order valence-electron chi connectivity index (χ3n) is 3.28. The fourth-order valence-electron chi connectivity index (χ4n) is 1.97. The van der Waals surface area contributed by atoms with E-state index < -0.39 is 0 Å². The summed E-state index contributed by atoms with van der Waals surface area (Å²) in [7, 11) is 2.12. The predicted molar refractivity (Wildman–Crippen MR) is 71.9 cm³/mol. The van der Waals surface area contributed by atoms with E-state index in [0.717, 1.165) is 32.7 Å². The van der Waals surface area contributed by atoms with E-state index in [9.17, 15) is 4.79 Å². The number of nitrogens with zero attached hydrogens (tertiary/aromatic N) is 4. The summed E-state index contributed by atoms with van der Waals surface area (Å²) in [5.41, 5.74) is 5.33. The van der Waals surface area contributed by atoms with Gasteiger partial charge in [-0.1, -0.05) is 11.6 Å². The van der Waals surface area contributed by atoms with Crippen LogP contribution in [0.15, 0.2) is 11.1 Å². The van der Waals surface area contributed by atoms with Gasteiger partial charge in [0.15, 0.2) is 5.15 Å². The van der Waals surface area contributed by atoms with Gasteiger partial charge in [0.25, 0.3) is 5.56 Å². The van der Waals surface area contributed by atoms with Gasteiger partial charge in [0.1, 0.15) is 5.69 Å². The van der Waals surface area contributed by atoms with Crippen molar-refractivity contribution >= 4 is 17.3 Å². The summed E-state index contributed by atoms with van der Waals surface area (Å²) >= 11 is 5.69. The van der Waals surface area contributed by atoms with E-state index in [1.54, 1.807) is 0 Å². The normalized spacial score (nSPS) is 18.1. The van der Waals surface area contributed by atoms with Crippen molar-refractivity contribution in [2.45, 2.75) is 6.54 Å². The highest BCUT2D eigenvalue weighted by molar-refractivity contribution is 6.31. The Bertz CT molecular complexity index is 467. The lowest BCUT2D eigenvalue weighted by Crippen LogP contribution is -2.45. The summed E-state index contributed by atoms with van der Waals surface area (Å²) < 4.78 is 1.51. The molecule has 0 spiro atoms. The molecular weight excluding hydrogens is 254 g/mol. The molecule has 2 N–H and O–H groups in total. The molecule has 0 bridgehead atoms. The maximum atomic E-state index is 11.8. The van der Waals surface area contributed by atoms with Crippen LogP contribution in [0.5, 0.6) is 0 Å². The standard InChI is InChI=1S/C11H18ClN5O/c1-15-2-4-16(5-3-15)6-7-17-8-14-10(12)9(13)11(17)18/h8H,2-7,13H2,1H3. The number of rotatable bonds is 3. The van der Waals surface area contributed by atoms with Gasteiger partial charge in [0.2, 0.25) is 0 Å². The molecule has 2 heterocycles. The van der Waals surface area contributed by atoms with Gasteiger partial charge in [-0.3, -0.25) is 14.3 Å². The lowest BCUT2D eigenvalue weighted by Gasteiger charge is -2.32. The number of nitrogen functional groups attached to an aromatic ring is 1. The monoisotopic (exact) mass is 271 g/mol. The maximum Gasteiger partial charge on any atom is 0.278 e. The number of piperazine rings is 1. The molecule has 2 rings (SSSR count). The Morgan fingerprint density at radius 2 is 2.00 bits per heavy atom. The predicted octanol–water partition coefficient (Wildman–Crippen LogP) is -0.274. The number of halogens is 1. The first-order valence-electron chi connectivity index (χ1n) is 5.99. The molecule has 1 aromatic heterocycles. The molecule has 0 aromatic carbocycles. The molecule has 6 nitrogen and oxygen atoms in total. The second-order valence-electron chi connectivity index (χ2n) is 4.59. The number of likely N-dealkylation sites (N-methyl/N-ethyl adjacent to an activating group) is 1. The van der Waals surface area contributed by atoms with Crippen molar-refractivity contribution in [1.29, 1.82) is 0 Å². The second kappa shape index (κ2) is 5.69. The summed E-state index contributed by atoms with van der Waals surface area (Å²) in [5, 5.41) is 0.0795. The Morgan fingerprint density at radius 3 is 2.67 bits per heavy atom. The summed E-state index contributed by atoms with van der Waals surface area (Å²) in [6.07, 6.45) is 1.46. The van der Waals surface area contributed by atoms with Crippen LogP contribution in [0.4, 0.5) is 5.69 Å². The number of nitrogens with two attached hydrogens (primary N) is 1. The van der Waals surface area contributed by atoms with E-state index in [-0.39, 0.29) is 16.4 Å². The van der Waals surface area contributed by atoms with Crippen LogP contribution in [0.1, 0.15) is 0 Å². The van der Waals surface area contributed by atoms with Gasteiger partial charge in [-0.25, -0.2) is 4.98 Å². The summed E-state index contributed by atoms with van der Waals surface area (Å²) in [4.78, 5) is 20.3. The van der Waals surface area contributed by atoms with Crippen molar-refractivity contribution < 1.29 is 0 Å². The number of hydrogen-bond donors (Lipinski definition) is 1. The van der Waals surface area contributed by atoms with Gasteiger partial charge in [-0.05, 0) is 7.05 Å². The molecule has 1 aliphatic rings. The first kappa shape index (κ1) is 13.3. The van der Waals surface area contributed by atoms with E-state index in [4.69, 9.17) is 17.3 Å². The zero-order chi connectivity index (χ0) is 13.1. The third kappa shape index (κ3) is 3.01. The van der Waals surface area contributed by atoms with Crippen LogP contribution >= 0.6 is 11.6 Å². The average molecular weight is 272 g/mol. The fraction of sp³-hybridized carbons (Fsp3) is 0.636. The lowest BCUT2D eigenvalue weighted by molar-refractivity contribution is 0.149. The minimum Gasteiger partial charge on any atom is -0.392 e. The minimum atomic E-state index is -0.260. The molecule has 0 radical (unpaired) electrons. The van der Waals surface area contributed by atoms with Crippen molar-refractivity contribution in [1.82, 2.24) is 19.4 Å². The van der Waals surface area contributed by atoms with E-state index in [0.29, 0.717) is 6.54 Å². The molecular formula is C11H18ClN5O. The third-order valence-corrected chi connectivity index (χ3v) is 3.58. The summed E-state index contributed by atoms with van der Waals surface area (Å²) in [6, 6.07) is 0. The van der Waals surface area contributed by atoms with Crippen LogP contribution in [-0.4, -0.2) is 59.1 Å². The molecule has 1 fully saturated rings. The molecule has 1 aliphatic heterocycles. The van der Waals surface area contributed by atoms with Gasteiger partial charge >= 0.3 is 0 Å². The highest BCUT2D eigenvalue weighted by atomic mass is 35.5. The van der Waals surface area contributed by atoms with Gasteiger partial charge in [0.05, 0.1) is 6.33 Å². The van der Waals surface area contributed by atoms with E-state index in [1.165, 1.54) is 10.9 Å². The van der Waals surface area contributed by atoms with Crippen molar-refractivity contribution in [3.05, 3.63) is 21.8 Å². The highest BCUT2D eigenvalue weighted by Crippen LogP contribution is 2.08. The molecule has 0 saturated carbocycles. The second-order valence-corrected chi connectivity index (χ2v) is 4.95. The van der Waals surface area contributed by atoms with Crippen LogP contribution in [0, 0.1) is 0 Å². The molecule has 0 atom stereocenters. The largest absolute Gasteiger partial charge is 0.392 e. The van der Waals surface area contributed by atoms with Crippen LogP contribution in [0.25, 0.3) is 0 Å². The van der Waals surface area contributed by atoms with Crippen molar-refractivity contribution in [2.75, 3.05) is 45.5 Å². The quantitative estimate of drug-likeness (QED) is 0.767. The fourth-order valence-corrected chi connectivity index (χ4v) is 2.09. The Kier molecular flexibility index (Phi) is 4.21. The van der Waals surface area contributed by atoms with E-state index in [2.05, 4.69) is 21.8 Å². The summed E-state index contributed by atoms with van der Waals surface area (Å²) in [6.45, 7) is 5.61. The Labute approximate surface area is 111 Å². The maximum absolute atomic E-state index is 11.8. The Morgan fingerprint density at radius 1 is 1.33 bits per heavy atom. The number of anilines is 1. The number of hydrogen-bond acceptors (Lipinski definition) is 5. The Hall–Kier alpha value is -1.11. The molecule has 0 aliphatic carbocycles. The first-order valence-corrected chi connectivity index (χ1v) is 6.37. The van der Waals surface area contributed by atoms with Crippen LogP contribution in [0.2, 0.25) is 5.15 Å². The zero-order valence-electron chi connectivity index (χ0n) is 10.5. The molecule has 18 heavy (non-hydrogen) atoms. The van der Waals surface area contributed by atoms with Gasteiger partial charge < -0.3 is 10.6 Å². The van der Waals surface area contributed by atoms with E-state index >= 15 is 0 Å². The van der Waals surface area contributed by atoms with Gasteiger partial charge in [0, 0.05) is 39.3 Å². The van der Waals surface area contributed by atoms with Crippen molar-refractivity contribution in [3.8, 4) is 0 Å². The molecule has 7 heteroatoms. The van der Waals surface area contributed by atoms with Crippen LogP contribution < -0.4 is 11.3 Å². The lowest BCUT2D eigenvalue weighted by atomic mass is 10.3.